The summed E-state index contributed by atoms with van der Waals surface area (Å²) in [6.07, 6.45) is -2.15. The van der Waals surface area contributed by atoms with E-state index >= 15 is 0 Å². The van der Waals surface area contributed by atoms with Crippen molar-refractivity contribution >= 4 is 34.4 Å². The molecule has 188 valence electrons. The molecule has 1 amide bonds. The zero-order chi connectivity index (χ0) is 25.4. The number of nitrogens with one attached hydrogen (secondary N) is 1. The second-order valence-corrected chi connectivity index (χ2v) is 8.43. The normalized spacial score (nSPS) is 16.2. The third-order valence-electron chi connectivity index (χ3n) is 6.24. The summed E-state index contributed by atoms with van der Waals surface area (Å²) in [7, 11) is 1.66. The molecule has 0 radical (unpaired) electrons. The van der Waals surface area contributed by atoms with Gasteiger partial charge >= 0.3 is 6.18 Å². The zero-order valence-electron chi connectivity index (χ0n) is 19.5. The van der Waals surface area contributed by atoms with E-state index in [1.165, 1.54) is 12.1 Å². The Balaban J connectivity index is 1.53. The number of hydrogen-bond acceptors (Lipinski definition) is 8. The van der Waals surface area contributed by atoms with E-state index in [4.69, 9.17) is 10.5 Å². The van der Waals surface area contributed by atoms with Crippen LogP contribution in [0.15, 0.2) is 42.2 Å². The first-order valence-corrected chi connectivity index (χ1v) is 11.5. The summed E-state index contributed by atoms with van der Waals surface area (Å²) in [6.45, 7) is 1.92. The maximum Gasteiger partial charge on any atom is 0.417 e. The van der Waals surface area contributed by atoms with Gasteiger partial charge < -0.3 is 25.6 Å². The topological polar surface area (TPSA) is 109 Å². The number of nitrogens with two attached hydrogens (primary N) is 1. The Morgan fingerprint density at radius 1 is 1.08 bits per heavy atom. The van der Waals surface area contributed by atoms with E-state index in [9.17, 15) is 18.0 Å². The number of carbonyl (C=O) groups excluding carboxylic acids is 1. The lowest BCUT2D eigenvalue weighted by atomic mass is 9.99. The van der Waals surface area contributed by atoms with Crippen molar-refractivity contribution < 1.29 is 22.7 Å². The van der Waals surface area contributed by atoms with Crippen molar-refractivity contribution in [3.05, 3.63) is 47.7 Å². The van der Waals surface area contributed by atoms with Gasteiger partial charge in [-0.3, -0.25) is 4.79 Å². The molecule has 9 nitrogen and oxygen atoms in total. The van der Waals surface area contributed by atoms with Crippen molar-refractivity contribution in [2.45, 2.75) is 12.6 Å². The van der Waals surface area contributed by atoms with Gasteiger partial charge in [-0.2, -0.15) is 23.1 Å². The molecular formula is C24H24F3N7O2. The van der Waals surface area contributed by atoms with Crippen molar-refractivity contribution in [3.8, 4) is 11.3 Å². The van der Waals surface area contributed by atoms with Gasteiger partial charge in [-0.15, -0.1) is 0 Å². The van der Waals surface area contributed by atoms with E-state index in [1.54, 1.807) is 30.2 Å². The van der Waals surface area contributed by atoms with E-state index in [1.807, 2.05) is 4.90 Å². The van der Waals surface area contributed by atoms with Gasteiger partial charge in [0.15, 0.2) is 11.4 Å². The molecule has 0 spiro atoms. The third kappa shape index (κ3) is 4.34. The van der Waals surface area contributed by atoms with E-state index in [-0.39, 0.29) is 28.8 Å². The molecule has 0 saturated carbocycles. The Kier molecular flexibility index (Phi) is 6.02. The molecule has 1 saturated heterocycles. The maximum atomic E-state index is 14.1. The Hall–Kier alpha value is -4.09. The molecule has 3 aromatic rings. The molecule has 3 N–H and O–H groups in total. The molecule has 2 aliphatic rings. The van der Waals surface area contributed by atoms with E-state index in [0.29, 0.717) is 61.9 Å². The second kappa shape index (κ2) is 9.17. The van der Waals surface area contributed by atoms with E-state index in [2.05, 4.69) is 20.3 Å². The number of ether oxygens (including phenoxy) is 1. The SMILES string of the molecule is CNc1nc(N)nc2nc(-c3c(N4CCN(C(=O)C5=CCCO5)CC4)cccc3C(F)(F)F)ccc12. The van der Waals surface area contributed by atoms with Crippen LogP contribution >= 0.6 is 0 Å². The van der Waals surface area contributed by atoms with Crippen LogP contribution in [0.1, 0.15) is 12.0 Å². The number of nitrogens with zero attached hydrogens (tertiary/aromatic N) is 5. The number of rotatable bonds is 4. The molecule has 0 aliphatic carbocycles. The fourth-order valence-electron chi connectivity index (χ4n) is 4.54. The molecule has 0 atom stereocenters. The van der Waals surface area contributed by atoms with Crippen LogP contribution in [-0.4, -0.2) is 65.6 Å². The molecule has 4 heterocycles. The lowest BCUT2D eigenvalue weighted by Crippen LogP contribution is -2.49. The Morgan fingerprint density at radius 3 is 2.53 bits per heavy atom. The van der Waals surface area contributed by atoms with Gasteiger partial charge in [0.2, 0.25) is 5.95 Å². The highest BCUT2D eigenvalue weighted by molar-refractivity contribution is 5.92. The predicted molar refractivity (Wildman–Crippen MR) is 129 cm³/mol. The molecule has 2 aromatic heterocycles. The molecule has 0 bridgehead atoms. The lowest BCUT2D eigenvalue weighted by Gasteiger charge is -2.37. The van der Waals surface area contributed by atoms with Gasteiger partial charge in [-0.25, -0.2) is 4.98 Å². The number of pyridine rings is 1. The van der Waals surface area contributed by atoms with Crippen LogP contribution in [0, 0.1) is 0 Å². The highest BCUT2D eigenvalue weighted by Crippen LogP contribution is 2.42. The highest BCUT2D eigenvalue weighted by atomic mass is 19.4. The average molecular weight is 499 g/mol. The van der Waals surface area contributed by atoms with E-state index < -0.39 is 11.7 Å². The lowest BCUT2D eigenvalue weighted by molar-refractivity contribution is -0.137. The number of nitrogen functional groups attached to an aromatic ring is 1. The van der Waals surface area contributed by atoms with E-state index in [0.717, 1.165) is 6.07 Å². The summed E-state index contributed by atoms with van der Waals surface area (Å²) in [6, 6.07) is 7.23. The van der Waals surface area contributed by atoms with Crippen LogP contribution in [0.25, 0.3) is 22.3 Å². The first-order valence-electron chi connectivity index (χ1n) is 11.5. The monoisotopic (exact) mass is 499 g/mol. The van der Waals surface area contributed by atoms with Gasteiger partial charge in [0, 0.05) is 50.9 Å². The van der Waals surface area contributed by atoms with Crippen molar-refractivity contribution in [2.24, 2.45) is 0 Å². The molecule has 2 aliphatic heterocycles. The van der Waals surface area contributed by atoms with Crippen molar-refractivity contribution in [1.82, 2.24) is 19.9 Å². The summed E-state index contributed by atoms with van der Waals surface area (Å²) < 4.78 is 47.8. The van der Waals surface area contributed by atoms with Crippen LogP contribution in [0.4, 0.5) is 30.6 Å². The molecule has 36 heavy (non-hydrogen) atoms. The minimum Gasteiger partial charge on any atom is -0.488 e. The zero-order valence-corrected chi connectivity index (χ0v) is 19.5. The van der Waals surface area contributed by atoms with Gasteiger partial charge in [0.1, 0.15) is 5.82 Å². The Labute approximate surface area is 204 Å². The standard InChI is InChI=1S/C24H24F3N7O2/c1-29-20-14-7-8-16(30-21(14)32-23(28)31-20)19-15(24(25,26)27)4-2-5-17(19)33-9-11-34(12-10-33)22(35)18-6-3-13-36-18/h2,4-8H,3,9-13H2,1H3,(H3,28,29,30,31,32). The Morgan fingerprint density at radius 2 is 1.86 bits per heavy atom. The van der Waals surface area contributed by atoms with Crippen molar-refractivity contribution in [1.29, 1.82) is 0 Å². The van der Waals surface area contributed by atoms with Crippen LogP contribution in [-0.2, 0) is 15.7 Å². The highest BCUT2D eigenvalue weighted by Gasteiger charge is 2.37. The minimum absolute atomic E-state index is 0.0389. The number of aromatic nitrogens is 3. The van der Waals surface area contributed by atoms with Gasteiger partial charge in [-0.1, -0.05) is 6.07 Å². The number of amides is 1. The summed E-state index contributed by atoms with van der Waals surface area (Å²) in [4.78, 5) is 28.8. The first-order chi connectivity index (χ1) is 17.3. The van der Waals surface area contributed by atoms with Crippen LogP contribution in [0.2, 0.25) is 0 Å². The number of anilines is 3. The average Bonchev–Trinajstić information content (AvgIpc) is 3.41. The summed E-state index contributed by atoms with van der Waals surface area (Å²) in [5.41, 5.74) is 5.63. The van der Waals surface area contributed by atoms with Gasteiger partial charge in [0.25, 0.3) is 5.91 Å². The summed E-state index contributed by atoms with van der Waals surface area (Å²) >= 11 is 0. The molecule has 12 heteroatoms. The van der Waals surface area contributed by atoms with Gasteiger partial charge in [-0.05, 0) is 30.3 Å². The number of hydrogen-bond donors (Lipinski definition) is 2. The summed E-state index contributed by atoms with van der Waals surface area (Å²) in [5, 5.41) is 3.44. The van der Waals surface area contributed by atoms with Crippen molar-refractivity contribution in [3.63, 3.8) is 0 Å². The second-order valence-electron chi connectivity index (χ2n) is 8.43. The molecular weight excluding hydrogens is 475 g/mol. The molecule has 5 rings (SSSR count). The maximum absolute atomic E-state index is 14.1. The fourth-order valence-corrected chi connectivity index (χ4v) is 4.54. The molecule has 1 fully saturated rings. The molecule has 1 aromatic carbocycles. The Bertz CT molecular complexity index is 1350. The number of carbonyl (C=O) groups is 1. The smallest absolute Gasteiger partial charge is 0.417 e. The third-order valence-corrected chi connectivity index (χ3v) is 6.24. The number of alkyl halides is 3. The van der Waals surface area contributed by atoms with Crippen LogP contribution in [0.5, 0.6) is 0 Å². The largest absolute Gasteiger partial charge is 0.488 e. The number of piperazine rings is 1. The van der Waals surface area contributed by atoms with Crippen molar-refractivity contribution in [2.75, 3.05) is 55.8 Å². The quantitative estimate of drug-likeness (QED) is 0.563. The van der Waals surface area contributed by atoms with Gasteiger partial charge in [0.05, 0.1) is 23.3 Å². The van der Waals surface area contributed by atoms with Crippen LogP contribution in [0.3, 0.4) is 0 Å². The molecule has 0 unspecified atom stereocenters. The van der Waals surface area contributed by atoms with Crippen LogP contribution < -0.4 is 16.0 Å². The predicted octanol–water partition coefficient (Wildman–Crippen LogP) is 3.29. The first kappa shape index (κ1) is 23.6. The number of halogens is 3. The number of benzene rings is 1. The summed E-state index contributed by atoms with van der Waals surface area (Å²) in [5.74, 6) is 0.544. The minimum atomic E-state index is -4.60. The fraction of sp³-hybridized carbons (Fsp3) is 0.333. The number of fused-ring (bicyclic) bond motifs is 1.